The molecular formula is C19H22F4O5. The van der Waals surface area contributed by atoms with E-state index in [2.05, 4.69) is 11.7 Å². The zero-order chi connectivity index (χ0) is 20.1. The van der Waals surface area contributed by atoms with Crippen LogP contribution in [0.3, 0.4) is 0 Å². The molecule has 0 unspecified atom stereocenters. The van der Waals surface area contributed by atoms with Gasteiger partial charge in [-0.25, -0.2) is 8.78 Å². The fraction of sp³-hybridized carbons (Fsp3) is 0.579. The predicted octanol–water partition coefficient (Wildman–Crippen LogP) is 4.53. The Morgan fingerprint density at radius 1 is 1.04 bits per heavy atom. The second kappa shape index (κ2) is 9.69. The van der Waals surface area contributed by atoms with Crippen molar-refractivity contribution < 1.29 is 41.2 Å². The molecule has 0 atom stereocenters. The summed E-state index contributed by atoms with van der Waals surface area (Å²) < 4.78 is 79.0. The molecular weight excluding hydrogens is 384 g/mol. The lowest BCUT2D eigenvalue weighted by Crippen LogP contribution is -2.43. The highest BCUT2D eigenvalue weighted by atomic mass is 19.3. The highest BCUT2D eigenvalue weighted by Crippen LogP contribution is 2.33. The van der Waals surface area contributed by atoms with Crippen LogP contribution in [0.15, 0.2) is 24.5 Å². The minimum atomic E-state index is -2.21. The monoisotopic (exact) mass is 406 g/mol. The third-order valence-electron chi connectivity index (χ3n) is 4.56. The van der Waals surface area contributed by atoms with Gasteiger partial charge in [0.25, 0.3) is 0 Å². The van der Waals surface area contributed by atoms with Crippen molar-refractivity contribution in [1.82, 2.24) is 0 Å². The van der Waals surface area contributed by atoms with Crippen molar-refractivity contribution in [3.8, 4) is 5.75 Å². The summed E-state index contributed by atoms with van der Waals surface area (Å²) in [6.45, 7) is 3.79. The van der Waals surface area contributed by atoms with Crippen molar-refractivity contribution in [3.63, 3.8) is 0 Å². The number of rotatable bonds is 6. The van der Waals surface area contributed by atoms with Crippen LogP contribution in [0, 0.1) is 23.5 Å². The SMILES string of the molecule is CCCC1COC(C2COC(c3cc(F)c(OC=C(F)F)c(F)c3)OC2)OC1. The summed E-state index contributed by atoms with van der Waals surface area (Å²) in [5.41, 5.74) is 0.0824. The van der Waals surface area contributed by atoms with Crippen LogP contribution in [-0.2, 0) is 18.9 Å². The number of halogens is 4. The first-order valence-electron chi connectivity index (χ1n) is 9.11. The van der Waals surface area contributed by atoms with Gasteiger partial charge in [-0.15, -0.1) is 0 Å². The Kier molecular flexibility index (Phi) is 7.28. The first-order chi connectivity index (χ1) is 13.5. The number of ether oxygens (including phenoxy) is 5. The molecule has 0 aromatic heterocycles. The predicted molar refractivity (Wildman–Crippen MR) is 89.5 cm³/mol. The average molecular weight is 406 g/mol. The maximum absolute atomic E-state index is 14.0. The molecule has 2 saturated heterocycles. The van der Waals surface area contributed by atoms with Crippen molar-refractivity contribution in [3.05, 3.63) is 41.7 Å². The van der Waals surface area contributed by atoms with Gasteiger partial charge in [0.05, 0.1) is 32.3 Å². The van der Waals surface area contributed by atoms with E-state index in [1.807, 2.05) is 0 Å². The molecule has 5 nitrogen and oxygen atoms in total. The van der Waals surface area contributed by atoms with Crippen LogP contribution in [-0.4, -0.2) is 32.7 Å². The quantitative estimate of drug-likeness (QED) is 0.513. The lowest BCUT2D eigenvalue weighted by Gasteiger charge is -2.37. The molecule has 0 aliphatic carbocycles. The molecule has 0 radical (unpaired) electrons. The first kappa shape index (κ1) is 21.0. The van der Waals surface area contributed by atoms with Crippen molar-refractivity contribution in [2.45, 2.75) is 32.3 Å². The normalized spacial score (nSPS) is 28.0. The maximum Gasteiger partial charge on any atom is 0.305 e. The second-order valence-corrected chi connectivity index (χ2v) is 6.79. The molecule has 0 amide bonds. The summed E-state index contributed by atoms with van der Waals surface area (Å²) in [5, 5.41) is 0. The van der Waals surface area contributed by atoms with E-state index in [0.29, 0.717) is 19.1 Å². The largest absolute Gasteiger partial charge is 0.453 e. The number of benzene rings is 1. The third kappa shape index (κ3) is 5.22. The van der Waals surface area contributed by atoms with Crippen LogP contribution in [0.4, 0.5) is 17.6 Å². The van der Waals surface area contributed by atoms with Gasteiger partial charge in [0.2, 0.25) is 0 Å². The Morgan fingerprint density at radius 3 is 2.18 bits per heavy atom. The minimum absolute atomic E-state index is 0.0331. The van der Waals surface area contributed by atoms with Crippen LogP contribution in [0.5, 0.6) is 5.75 Å². The van der Waals surface area contributed by atoms with Crippen LogP contribution < -0.4 is 4.74 Å². The van der Waals surface area contributed by atoms with Gasteiger partial charge < -0.3 is 23.7 Å². The van der Waals surface area contributed by atoms with E-state index in [-0.39, 0.29) is 31.0 Å². The molecule has 0 saturated carbocycles. The van der Waals surface area contributed by atoms with E-state index in [1.54, 1.807) is 0 Å². The summed E-state index contributed by atoms with van der Waals surface area (Å²) in [4.78, 5) is 0. The van der Waals surface area contributed by atoms with Crippen molar-refractivity contribution >= 4 is 0 Å². The van der Waals surface area contributed by atoms with Gasteiger partial charge in [-0.3, -0.25) is 0 Å². The summed E-state index contributed by atoms with van der Waals surface area (Å²) in [5.74, 6) is -2.97. The number of hydrogen-bond donors (Lipinski definition) is 0. The third-order valence-corrected chi connectivity index (χ3v) is 4.56. The molecule has 2 aliphatic rings. The Balaban J connectivity index is 1.56. The maximum atomic E-state index is 14.0. The standard InChI is InChI=1S/C19H22F4O5/c1-2-3-11-6-25-19(26-7-11)13-8-27-18(28-9-13)12-4-14(20)17(15(21)5-12)24-10-16(22)23/h4-5,10-11,13,18-19H,2-3,6-9H2,1H3. The zero-order valence-electron chi connectivity index (χ0n) is 15.3. The van der Waals surface area contributed by atoms with E-state index in [9.17, 15) is 17.6 Å². The molecule has 28 heavy (non-hydrogen) atoms. The first-order valence-corrected chi connectivity index (χ1v) is 9.11. The van der Waals surface area contributed by atoms with Crippen molar-refractivity contribution in [2.24, 2.45) is 11.8 Å². The summed E-state index contributed by atoms with van der Waals surface area (Å²) >= 11 is 0. The van der Waals surface area contributed by atoms with E-state index in [4.69, 9.17) is 18.9 Å². The lowest BCUT2D eigenvalue weighted by molar-refractivity contribution is -0.283. The van der Waals surface area contributed by atoms with Gasteiger partial charge in [0.1, 0.15) is 0 Å². The van der Waals surface area contributed by atoms with E-state index in [0.717, 1.165) is 25.0 Å². The van der Waals surface area contributed by atoms with Gasteiger partial charge in [-0.1, -0.05) is 13.3 Å². The van der Waals surface area contributed by atoms with E-state index in [1.165, 1.54) is 0 Å². The molecule has 2 aliphatic heterocycles. The van der Waals surface area contributed by atoms with Crippen LogP contribution in [0.25, 0.3) is 0 Å². The lowest BCUT2D eigenvalue weighted by atomic mass is 10.0. The Bertz CT molecular complexity index is 656. The van der Waals surface area contributed by atoms with Crippen LogP contribution >= 0.6 is 0 Å². The molecule has 9 heteroatoms. The molecule has 2 heterocycles. The molecule has 0 bridgehead atoms. The van der Waals surface area contributed by atoms with Crippen LogP contribution in [0.2, 0.25) is 0 Å². The fourth-order valence-electron chi connectivity index (χ4n) is 3.20. The Hall–Kier alpha value is -1.68. The molecule has 1 aromatic carbocycles. The average Bonchev–Trinajstić information content (AvgIpc) is 2.68. The minimum Gasteiger partial charge on any atom is -0.453 e. The van der Waals surface area contributed by atoms with Gasteiger partial charge in [0, 0.05) is 11.5 Å². The van der Waals surface area contributed by atoms with Gasteiger partial charge in [0.15, 0.2) is 36.2 Å². The smallest absolute Gasteiger partial charge is 0.305 e. The van der Waals surface area contributed by atoms with Gasteiger partial charge in [-0.05, 0) is 18.6 Å². The molecule has 156 valence electrons. The summed E-state index contributed by atoms with van der Waals surface area (Å²) in [6.07, 6.45) is -1.57. The number of hydrogen-bond acceptors (Lipinski definition) is 5. The Morgan fingerprint density at radius 2 is 1.64 bits per heavy atom. The van der Waals surface area contributed by atoms with Gasteiger partial charge in [-0.2, -0.15) is 8.78 Å². The molecule has 2 fully saturated rings. The second-order valence-electron chi connectivity index (χ2n) is 6.79. The topological polar surface area (TPSA) is 46.2 Å². The highest BCUT2D eigenvalue weighted by Gasteiger charge is 2.34. The summed E-state index contributed by atoms with van der Waals surface area (Å²) in [6, 6.07) is 1.85. The molecule has 3 rings (SSSR count). The fourth-order valence-corrected chi connectivity index (χ4v) is 3.20. The van der Waals surface area contributed by atoms with Gasteiger partial charge >= 0.3 is 6.08 Å². The molecule has 1 aromatic rings. The highest BCUT2D eigenvalue weighted by molar-refractivity contribution is 5.32. The Labute approximate surface area is 160 Å². The van der Waals surface area contributed by atoms with Crippen molar-refractivity contribution in [1.29, 1.82) is 0 Å². The van der Waals surface area contributed by atoms with Crippen molar-refractivity contribution in [2.75, 3.05) is 26.4 Å². The zero-order valence-corrected chi connectivity index (χ0v) is 15.3. The summed E-state index contributed by atoms with van der Waals surface area (Å²) in [7, 11) is 0. The molecule has 0 N–H and O–H groups in total. The van der Waals surface area contributed by atoms with E-state index < -0.39 is 36.0 Å². The molecule has 0 spiro atoms. The van der Waals surface area contributed by atoms with E-state index >= 15 is 0 Å². The van der Waals surface area contributed by atoms with Crippen LogP contribution in [0.1, 0.15) is 31.6 Å².